The van der Waals surface area contributed by atoms with Crippen molar-refractivity contribution in [3.63, 3.8) is 0 Å². The second-order valence-corrected chi connectivity index (χ2v) is 6.52. The van der Waals surface area contributed by atoms with Crippen LogP contribution in [0.25, 0.3) is 5.69 Å². The molecule has 142 valence electrons. The number of halogens is 2. The van der Waals surface area contributed by atoms with Gasteiger partial charge in [0, 0.05) is 39.1 Å². The molecule has 0 radical (unpaired) electrons. The molecule has 3 heterocycles. The van der Waals surface area contributed by atoms with E-state index in [1.54, 1.807) is 23.4 Å². The highest BCUT2D eigenvalue weighted by molar-refractivity contribution is 6.32. The van der Waals surface area contributed by atoms with Crippen LogP contribution in [0.4, 0.5) is 0 Å². The van der Waals surface area contributed by atoms with Gasteiger partial charge >= 0.3 is 0 Å². The molecule has 27 heavy (non-hydrogen) atoms. The molecule has 0 spiro atoms. The van der Waals surface area contributed by atoms with Crippen LogP contribution in [0.2, 0.25) is 5.02 Å². The molecule has 8 nitrogen and oxygen atoms in total. The first-order chi connectivity index (χ1) is 12.6. The molecule has 1 aromatic carbocycles. The van der Waals surface area contributed by atoms with Crippen molar-refractivity contribution in [2.45, 2.75) is 6.04 Å². The minimum Gasteiger partial charge on any atom is -0.336 e. The molecule has 1 aliphatic heterocycles. The van der Waals surface area contributed by atoms with Gasteiger partial charge in [-0.15, -0.1) is 17.5 Å². The molecule has 4 rings (SSSR count). The Balaban J connectivity index is 0.00000210. The quantitative estimate of drug-likeness (QED) is 0.716. The molecule has 2 aromatic heterocycles. The number of carbonyl (C=O) groups is 1. The first kappa shape index (κ1) is 19.3. The number of nitrogens with zero attached hydrogens (tertiary/aromatic N) is 6. The smallest absolute Gasteiger partial charge is 0.276 e. The summed E-state index contributed by atoms with van der Waals surface area (Å²) in [5.41, 5.74) is 0.965. The molecule has 1 fully saturated rings. The number of hydrogen-bond acceptors (Lipinski definition) is 5. The normalized spacial score (nSPS) is 16.8. The van der Waals surface area contributed by atoms with Gasteiger partial charge in [0.2, 0.25) is 0 Å². The first-order valence-corrected chi connectivity index (χ1v) is 8.69. The maximum atomic E-state index is 13.1. The summed E-state index contributed by atoms with van der Waals surface area (Å²) < 4.78 is 3.45. The Morgan fingerprint density at radius 1 is 1.33 bits per heavy atom. The minimum atomic E-state index is -0.169. The van der Waals surface area contributed by atoms with E-state index in [2.05, 4.69) is 20.6 Å². The van der Waals surface area contributed by atoms with Gasteiger partial charge in [-0.25, -0.2) is 9.67 Å². The van der Waals surface area contributed by atoms with Gasteiger partial charge in [0.05, 0.1) is 16.9 Å². The molecule has 10 heteroatoms. The summed E-state index contributed by atoms with van der Waals surface area (Å²) in [6, 6.07) is 7.15. The lowest BCUT2D eigenvalue weighted by Crippen LogP contribution is -2.49. The Kier molecular flexibility index (Phi) is 5.79. The number of aryl methyl sites for hydroxylation is 1. The second-order valence-electron chi connectivity index (χ2n) is 6.11. The summed E-state index contributed by atoms with van der Waals surface area (Å²) in [6.07, 6.45) is 5.22. The van der Waals surface area contributed by atoms with Gasteiger partial charge in [0.15, 0.2) is 5.69 Å². The van der Waals surface area contributed by atoms with Gasteiger partial charge in [0.1, 0.15) is 11.9 Å². The van der Waals surface area contributed by atoms with Crippen LogP contribution in [-0.4, -0.2) is 55.0 Å². The van der Waals surface area contributed by atoms with Gasteiger partial charge in [-0.05, 0) is 12.1 Å². The van der Waals surface area contributed by atoms with Gasteiger partial charge in [-0.3, -0.25) is 4.79 Å². The molecule has 0 saturated carbocycles. The lowest BCUT2D eigenvalue weighted by Gasteiger charge is -2.35. The Bertz CT molecular complexity index is 939. The van der Waals surface area contributed by atoms with Crippen LogP contribution in [0.1, 0.15) is 22.4 Å². The third-order valence-electron chi connectivity index (χ3n) is 4.47. The van der Waals surface area contributed by atoms with Crippen molar-refractivity contribution in [2.75, 3.05) is 19.6 Å². The predicted octanol–water partition coefficient (Wildman–Crippen LogP) is 1.86. The predicted molar refractivity (Wildman–Crippen MR) is 103 cm³/mol. The fourth-order valence-corrected chi connectivity index (χ4v) is 3.36. The summed E-state index contributed by atoms with van der Waals surface area (Å²) in [4.78, 5) is 19.3. The van der Waals surface area contributed by atoms with Gasteiger partial charge in [-0.1, -0.05) is 28.9 Å². The molecule has 1 saturated heterocycles. The number of carbonyl (C=O) groups excluding carboxylic acids is 1. The van der Waals surface area contributed by atoms with Gasteiger partial charge in [0.25, 0.3) is 5.91 Å². The molecular weight excluding hydrogens is 389 g/mol. The molecule has 0 aliphatic carbocycles. The van der Waals surface area contributed by atoms with E-state index in [1.807, 2.05) is 36.0 Å². The highest BCUT2D eigenvalue weighted by Gasteiger charge is 2.32. The van der Waals surface area contributed by atoms with Crippen LogP contribution in [0.15, 0.2) is 42.9 Å². The molecule has 3 aromatic rings. The van der Waals surface area contributed by atoms with Crippen molar-refractivity contribution < 1.29 is 4.79 Å². The number of aromatic nitrogens is 5. The number of piperazine rings is 1. The zero-order valence-corrected chi connectivity index (χ0v) is 16.2. The Labute approximate surface area is 167 Å². The Hall–Kier alpha value is -2.42. The van der Waals surface area contributed by atoms with Gasteiger partial charge in [-0.2, -0.15) is 0 Å². The van der Waals surface area contributed by atoms with E-state index in [0.717, 1.165) is 12.4 Å². The van der Waals surface area contributed by atoms with Crippen LogP contribution >= 0.6 is 24.0 Å². The zero-order chi connectivity index (χ0) is 18.1. The van der Waals surface area contributed by atoms with Gasteiger partial charge < -0.3 is 14.8 Å². The first-order valence-electron chi connectivity index (χ1n) is 8.31. The molecule has 1 N–H and O–H groups in total. The molecule has 1 atom stereocenters. The number of amides is 1. The van der Waals surface area contributed by atoms with Crippen molar-refractivity contribution in [1.82, 2.24) is 34.8 Å². The van der Waals surface area contributed by atoms with E-state index in [-0.39, 0.29) is 30.0 Å². The summed E-state index contributed by atoms with van der Waals surface area (Å²) in [7, 11) is 1.92. The Morgan fingerprint density at radius 3 is 2.89 bits per heavy atom. The van der Waals surface area contributed by atoms with E-state index >= 15 is 0 Å². The second kappa shape index (κ2) is 8.08. The van der Waals surface area contributed by atoms with Crippen molar-refractivity contribution in [3.05, 3.63) is 59.4 Å². The van der Waals surface area contributed by atoms with Crippen molar-refractivity contribution in [3.8, 4) is 5.69 Å². The lowest BCUT2D eigenvalue weighted by atomic mass is 10.1. The van der Waals surface area contributed by atoms with E-state index in [1.165, 1.54) is 4.68 Å². The Morgan fingerprint density at radius 2 is 2.15 bits per heavy atom. The number of hydrogen-bond donors (Lipinski definition) is 1. The monoisotopic (exact) mass is 407 g/mol. The van der Waals surface area contributed by atoms with E-state index in [9.17, 15) is 4.79 Å². The highest BCUT2D eigenvalue weighted by Crippen LogP contribution is 2.23. The number of benzene rings is 1. The lowest BCUT2D eigenvalue weighted by molar-refractivity contribution is 0.0614. The number of para-hydroxylation sites is 1. The molecule has 1 amide bonds. The highest BCUT2D eigenvalue weighted by atomic mass is 35.5. The third-order valence-corrected chi connectivity index (χ3v) is 4.79. The standard InChI is InChI=1S/C17H18ClN7O.ClH/c1-23-8-7-20-16(23)15-10-19-6-9-24(15)17(26)13-11-25(22-21-13)14-5-3-2-4-12(14)18;/h2-5,7-8,11,15,19H,6,9-10H2,1H3;1H. The summed E-state index contributed by atoms with van der Waals surface area (Å²) >= 11 is 6.20. The van der Waals surface area contributed by atoms with Crippen molar-refractivity contribution >= 4 is 29.9 Å². The summed E-state index contributed by atoms with van der Waals surface area (Å²) in [5.74, 6) is 0.668. The molecule has 1 aliphatic rings. The maximum Gasteiger partial charge on any atom is 0.276 e. The molecule has 1 unspecified atom stereocenters. The number of nitrogens with one attached hydrogen (secondary N) is 1. The third kappa shape index (κ3) is 3.69. The molecule has 0 bridgehead atoms. The fraction of sp³-hybridized carbons (Fsp3) is 0.294. The number of imidazole rings is 1. The topological polar surface area (TPSA) is 80.9 Å². The van der Waals surface area contributed by atoms with Crippen molar-refractivity contribution in [2.24, 2.45) is 7.05 Å². The number of rotatable bonds is 3. The SMILES string of the molecule is Cl.Cn1ccnc1C1CNCCN1C(=O)c1cn(-c2ccccc2Cl)nn1. The summed E-state index contributed by atoms with van der Waals surface area (Å²) in [6.45, 7) is 1.95. The average Bonchev–Trinajstić information content (AvgIpc) is 3.31. The minimum absolute atomic E-state index is 0. The van der Waals surface area contributed by atoms with Crippen molar-refractivity contribution in [1.29, 1.82) is 0 Å². The summed E-state index contributed by atoms with van der Waals surface area (Å²) in [5, 5.41) is 12.0. The fourth-order valence-electron chi connectivity index (χ4n) is 3.14. The van der Waals surface area contributed by atoms with Crippen LogP contribution in [-0.2, 0) is 7.05 Å². The average molecular weight is 408 g/mol. The largest absolute Gasteiger partial charge is 0.336 e. The maximum absolute atomic E-state index is 13.1. The zero-order valence-electron chi connectivity index (χ0n) is 14.6. The van der Waals surface area contributed by atoms with Crippen LogP contribution in [0.5, 0.6) is 0 Å². The van der Waals surface area contributed by atoms with E-state index < -0.39 is 0 Å². The van der Waals surface area contributed by atoms with Crippen LogP contribution < -0.4 is 5.32 Å². The van der Waals surface area contributed by atoms with Crippen LogP contribution in [0, 0.1) is 0 Å². The van der Waals surface area contributed by atoms with E-state index in [0.29, 0.717) is 23.8 Å². The van der Waals surface area contributed by atoms with E-state index in [4.69, 9.17) is 11.6 Å². The van der Waals surface area contributed by atoms with Crippen LogP contribution in [0.3, 0.4) is 0 Å². The molecular formula is C17H19Cl2N7O.